The Morgan fingerprint density at radius 1 is 1.31 bits per heavy atom. The first kappa shape index (κ1) is 31.3. The first-order chi connectivity index (χ1) is 18.2. The molecule has 11 heteroatoms. The van der Waals surface area contributed by atoms with Crippen LogP contribution in [0.5, 0.6) is 0 Å². The Bertz CT molecular complexity index is 998. The largest absolute Gasteiger partial charge is 0.460 e. The Morgan fingerprint density at radius 2 is 1.97 bits per heavy atom. The molecule has 39 heavy (non-hydrogen) atoms. The molecule has 3 aliphatic rings. The molecule has 3 saturated heterocycles. The van der Waals surface area contributed by atoms with Gasteiger partial charge in [-0.25, -0.2) is 0 Å². The fraction of sp³-hybridized carbons (Fsp3) is 0.714. The minimum absolute atomic E-state index is 0.123. The van der Waals surface area contributed by atoms with Crippen molar-refractivity contribution in [2.75, 3.05) is 19.7 Å². The molecule has 2 bridgehead atoms. The van der Waals surface area contributed by atoms with Gasteiger partial charge in [-0.15, -0.1) is 13.2 Å². The van der Waals surface area contributed by atoms with Crippen molar-refractivity contribution in [1.82, 2.24) is 15.1 Å². The Kier molecular flexibility index (Phi) is 9.71. The zero-order chi connectivity index (χ0) is 29.3. The van der Waals surface area contributed by atoms with Crippen molar-refractivity contribution >= 4 is 39.6 Å². The molecule has 8 atom stereocenters. The summed E-state index contributed by atoms with van der Waals surface area (Å²) in [5.41, 5.74) is -1.83. The van der Waals surface area contributed by atoms with Gasteiger partial charge in [-0.05, 0) is 47.5 Å². The molecule has 1 unspecified atom stereocenters. The summed E-state index contributed by atoms with van der Waals surface area (Å²) in [6, 6.07) is -1.70. The topological polar surface area (TPSA) is 125 Å². The number of hydrogen-bond acceptors (Lipinski definition) is 7. The SMILES string of the molecule is C=CCCC(=O)NC[C@H](C)OC(=O)[C@@H]1[C@H]2O[C@@]3(CC2Br)[C@H](C(=O)N(CC=C)C(C)(C)C)N([C@H](C)CO)C(=O)[C@@H]13. The maximum atomic E-state index is 14.2. The van der Waals surface area contributed by atoms with E-state index in [0.717, 1.165) is 0 Å². The third kappa shape index (κ3) is 5.81. The fourth-order valence-corrected chi connectivity index (χ4v) is 6.99. The van der Waals surface area contributed by atoms with Crippen LogP contribution >= 0.6 is 15.9 Å². The monoisotopic (exact) mass is 611 g/mol. The average Bonchev–Trinajstić information content (AvgIpc) is 3.46. The van der Waals surface area contributed by atoms with E-state index < -0.39 is 59.1 Å². The molecule has 2 N–H and O–H groups in total. The van der Waals surface area contributed by atoms with Crippen LogP contribution in [-0.4, -0.2) is 98.6 Å². The molecule has 3 rings (SSSR count). The van der Waals surface area contributed by atoms with Crippen LogP contribution in [0.15, 0.2) is 25.3 Å². The molecule has 1 spiro atoms. The highest BCUT2D eigenvalue weighted by Gasteiger charge is 2.77. The van der Waals surface area contributed by atoms with Gasteiger partial charge in [0.1, 0.15) is 17.7 Å². The van der Waals surface area contributed by atoms with Crippen molar-refractivity contribution < 1.29 is 33.8 Å². The minimum atomic E-state index is -1.26. The zero-order valence-corrected chi connectivity index (χ0v) is 25.1. The van der Waals surface area contributed by atoms with Gasteiger partial charge in [0.2, 0.25) is 17.7 Å². The van der Waals surface area contributed by atoms with Crippen molar-refractivity contribution in [3.05, 3.63) is 25.3 Å². The van der Waals surface area contributed by atoms with Gasteiger partial charge in [0.25, 0.3) is 0 Å². The predicted molar refractivity (Wildman–Crippen MR) is 149 cm³/mol. The summed E-state index contributed by atoms with van der Waals surface area (Å²) in [7, 11) is 0. The summed E-state index contributed by atoms with van der Waals surface area (Å²) >= 11 is 3.64. The van der Waals surface area contributed by atoms with Crippen molar-refractivity contribution in [3.63, 3.8) is 0 Å². The first-order valence-corrected chi connectivity index (χ1v) is 14.4. The van der Waals surface area contributed by atoms with E-state index in [1.165, 1.54) is 4.90 Å². The van der Waals surface area contributed by atoms with E-state index in [1.807, 2.05) is 20.8 Å². The van der Waals surface area contributed by atoms with Crippen LogP contribution in [-0.2, 0) is 28.7 Å². The van der Waals surface area contributed by atoms with E-state index in [-0.39, 0.29) is 36.3 Å². The lowest BCUT2D eigenvalue weighted by molar-refractivity contribution is -0.160. The number of ether oxygens (including phenoxy) is 2. The summed E-state index contributed by atoms with van der Waals surface area (Å²) in [5.74, 6) is -3.39. The van der Waals surface area contributed by atoms with Crippen LogP contribution in [0.25, 0.3) is 0 Å². The number of alkyl halides is 1. The van der Waals surface area contributed by atoms with Crippen molar-refractivity contribution in [3.8, 4) is 0 Å². The highest BCUT2D eigenvalue weighted by atomic mass is 79.9. The van der Waals surface area contributed by atoms with Gasteiger partial charge >= 0.3 is 5.97 Å². The highest BCUT2D eigenvalue weighted by Crippen LogP contribution is 2.60. The number of nitrogens with zero attached hydrogens (tertiary/aromatic N) is 2. The lowest BCUT2D eigenvalue weighted by Crippen LogP contribution is -2.61. The first-order valence-electron chi connectivity index (χ1n) is 13.5. The van der Waals surface area contributed by atoms with Crippen LogP contribution in [0.2, 0.25) is 0 Å². The lowest BCUT2D eigenvalue weighted by atomic mass is 9.70. The maximum absolute atomic E-state index is 14.2. The molecule has 3 amide bonds. The Morgan fingerprint density at radius 3 is 2.54 bits per heavy atom. The number of carbonyl (C=O) groups excluding carboxylic acids is 4. The quantitative estimate of drug-likeness (QED) is 0.196. The van der Waals surface area contributed by atoms with Crippen LogP contribution in [0.4, 0.5) is 0 Å². The van der Waals surface area contributed by atoms with Gasteiger partial charge in [-0.3, -0.25) is 19.2 Å². The number of aliphatic hydroxyl groups is 1. The van der Waals surface area contributed by atoms with E-state index in [9.17, 15) is 24.3 Å². The second-order valence-electron chi connectivity index (χ2n) is 11.7. The van der Waals surface area contributed by atoms with E-state index in [0.29, 0.717) is 19.3 Å². The van der Waals surface area contributed by atoms with Gasteiger partial charge < -0.3 is 29.7 Å². The van der Waals surface area contributed by atoms with E-state index >= 15 is 0 Å². The summed E-state index contributed by atoms with van der Waals surface area (Å²) < 4.78 is 12.2. The summed E-state index contributed by atoms with van der Waals surface area (Å²) in [4.78, 5) is 56.5. The lowest BCUT2D eigenvalue weighted by Gasteiger charge is -2.43. The molecule has 0 aromatic carbocycles. The third-order valence-corrected chi connectivity index (χ3v) is 8.68. The molecule has 0 aromatic rings. The van der Waals surface area contributed by atoms with Crippen LogP contribution in [0.3, 0.4) is 0 Å². The van der Waals surface area contributed by atoms with Gasteiger partial charge in [0.15, 0.2) is 0 Å². The Labute approximate surface area is 239 Å². The standard InChI is InChI=1S/C28H42BrN3O7/c1-8-10-11-19(34)30-14-17(4)38-26(37)20-21-24(35)32(16(3)15-33)23(28(21)13-18(29)22(20)39-28)25(36)31(12-9-2)27(5,6)7/h8-9,16-18,20-23,33H,1-2,10-15H2,3-7H3,(H,30,34)/t16-,17+,18?,20+,21-,22+,23+,28-/m1/s1. The van der Waals surface area contributed by atoms with Crippen molar-refractivity contribution in [2.24, 2.45) is 11.8 Å². The van der Waals surface area contributed by atoms with E-state index in [4.69, 9.17) is 9.47 Å². The summed E-state index contributed by atoms with van der Waals surface area (Å²) in [6.07, 6.45) is 3.17. The number of rotatable bonds is 12. The highest BCUT2D eigenvalue weighted by molar-refractivity contribution is 9.09. The van der Waals surface area contributed by atoms with E-state index in [2.05, 4.69) is 34.4 Å². The molecule has 0 saturated carbocycles. The van der Waals surface area contributed by atoms with Crippen LogP contribution < -0.4 is 5.32 Å². The third-order valence-electron chi connectivity index (χ3n) is 7.84. The van der Waals surface area contributed by atoms with Gasteiger partial charge in [0.05, 0.1) is 37.1 Å². The normalized spacial score (nSPS) is 30.9. The van der Waals surface area contributed by atoms with Crippen LogP contribution in [0, 0.1) is 11.8 Å². The number of amides is 3. The number of esters is 1. The van der Waals surface area contributed by atoms with Crippen LogP contribution in [0.1, 0.15) is 53.9 Å². The maximum Gasteiger partial charge on any atom is 0.312 e. The Balaban J connectivity index is 1.92. The molecule has 218 valence electrons. The van der Waals surface area contributed by atoms with Crippen molar-refractivity contribution in [2.45, 2.75) is 94.1 Å². The molecule has 3 heterocycles. The average molecular weight is 613 g/mol. The van der Waals surface area contributed by atoms with Crippen molar-refractivity contribution in [1.29, 1.82) is 0 Å². The molecule has 0 aliphatic carbocycles. The van der Waals surface area contributed by atoms with Gasteiger partial charge in [0, 0.05) is 23.3 Å². The second kappa shape index (κ2) is 12.1. The zero-order valence-electron chi connectivity index (χ0n) is 23.5. The number of nitrogens with one attached hydrogen (secondary N) is 1. The Hall–Kier alpha value is -2.24. The fourth-order valence-electron chi connectivity index (χ4n) is 6.05. The molecular weight excluding hydrogens is 570 g/mol. The summed E-state index contributed by atoms with van der Waals surface area (Å²) in [6.45, 7) is 16.5. The number of likely N-dealkylation sites (tertiary alicyclic amines) is 1. The number of halogens is 1. The molecule has 3 aliphatic heterocycles. The number of carbonyl (C=O) groups is 4. The van der Waals surface area contributed by atoms with E-state index in [1.54, 1.807) is 30.9 Å². The smallest absolute Gasteiger partial charge is 0.312 e. The molecule has 0 aromatic heterocycles. The molecule has 10 nitrogen and oxygen atoms in total. The van der Waals surface area contributed by atoms with Gasteiger partial charge in [-0.2, -0.15) is 0 Å². The minimum Gasteiger partial charge on any atom is -0.460 e. The number of hydrogen-bond donors (Lipinski definition) is 2. The second-order valence-corrected chi connectivity index (χ2v) is 12.9. The summed E-state index contributed by atoms with van der Waals surface area (Å²) in [5, 5.41) is 12.8. The predicted octanol–water partition coefficient (Wildman–Crippen LogP) is 1.94. The van der Waals surface area contributed by atoms with Gasteiger partial charge in [-0.1, -0.05) is 28.1 Å². The number of allylic oxidation sites excluding steroid dienone is 1. The number of fused-ring (bicyclic) bond motifs is 1. The molecular formula is C28H42BrN3O7. The molecule has 3 fully saturated rings. The molecule has 0 radical (unpaired) electrons. The number of aliphatic hydroxyl groups excluding tert-OH is 1.